The molecule has 7 heteroatoms. The Bertz CT molecular complexity index is 429. The Morgan fingerprint density at radius 1 is 1.05 bits per heavy atom. The third kappa shape index (κ3) is 6.66. The van der Waals surface area contributed by atoms with Crippen LogP contribution in [-0.2, 0) is 4.74 Å². The molecule has 1 amide bonds. The number of nitrogens with one attached hydrogen (secondary N) is 2. The Labute approximate surface area is 131 Å². The van der Waals surface area contributed by atoms with E-state index in [-0.39, 0.29) is 18.3 Å². The summed E-state index contributed by atoms with van der Waals surface area (Å²) in [6.45, 7) is 2.67. The maximum Gasteiger partial charge on any atom is 0.251 e. The zero-order chi connectivity index (χ0) is 14.8. The molecule has 0 atom stereocenters. The zero-order valence-corrected chi connectivity index (χ0v) is 13.4. The summed E-state index contributed by atoms with van der Waals surface area (Å²) in [6, 6.07) is 5.08. The van der Waals surface area contributed by atoms with E-state index in [2.05, 4.69) is 10.6 Å². The highest BCUT2D eigenvalue weighted by Crippen LogP contribution is 2.27. The first kappa shape index (κ1) is 19.5. The molecule has 0 saturated heterocycles. The number of rotatable bonds is 9. The SMILES string of the molecule is COCCNCCNC(=O)c1ccc(OC)c(OC)c1.Cl. The smallest absolute Gasteiger partial charge is 0.251 e. The van der Waals surface area contributed by atoms with Gasteiger partial charge in [-0.3, -0.25) is 4.79 Å². The van der Waals surface area contributed by atoms with E-state index in [9.17, 15) is 4.79 Å². The number of methoxy groups -OCH3 is 3. The van der Waals surface area contributed by atoms with Gasteiger partial charge in [0.25, 0.3) is 5.91 Å². The molecule has 21 heavy (non-hydrogen) atoms. The Morgan fingerprint density at radius 3 is 2.38 bits per heavy atom. The lowest BCUT2D eigenvalue weighted by Gasteiger charge is -2.10. The summed E-state index contributed by atoms with van der Waals surface area (Å²) in [5.74, 6) is 1.00. The number of benzene rings is 1. The summed E-state index contributed by atoms with van der Waals surface area (Å²) in [7, 11) is 4.75. The summed E-state index contributed by atoms with van der Waals surface area (Å²) in [5, 5.41) is 5.98. The van der Waals surface area contributed by atoms with Gasteiger partial charge in [-0.1, -0.05) is 0 Å². The minimum Gasteiger partial charge on any atom is -0.493 e. The molecular formula is C14H23ClN2O4. The molecule has 0 heterocycles. The fraction of sp³-hybridized carbons (Fsp3) is 0.500. The third-order valence-corrected chi connectivity index (χ3v) is 2.72. The predicted molar refractivity (Wildman–Crippen MR) is 83.9 cm³/mol. The van der Waals surface area contributed by atoms with Crippen LogP contribution in [0.15, 0.2) is 18.2 Å². The molecule has 0 aliphatic rings. The van der Waals surface area contributed by atoms with Crippen LogP contribution in [0, 0.1) is 0 Å². The number of ether oxygens (including phenoxy) is 3. The van der Waals surface area contributed by atoms with Gasteiger partial charge in [0.05, 0.1) is 20.8 Å². The highest BCUT2D eigenvalue weighted by Gasteiger charge is 2.09. The summed E-state index contributed by atoms with van der Waals surface area (Å²) >= 11 is 0. The Kier molecular flexibility index (Phi) is 10.4. The van der Waals surface area contributed by atoms with E-state index in [1.807, 2.05) is 0 Å². The van der Waals surface area contributed by atoms with Crippen molar-refractivity contribution in [2.45, 2.75) is 0 Å². The van der Waals surface area contributed by atoms with Crippen molar-refractivity contribution in [3.63, 3.8) is 0 Å². The van der Waals surface area contributed by atoms with Gasteiger partial charge in [-0.25, -0.2) is 0 Å². The van der Waals surface area contributed by atoms with Gasteiger partial charge in [0, 0.05) is 32.3 Å². The van der Waals surface area contributed by atoms with Crippen LogP contribution in [-0.4, -0.2) is 53.5 Å². The average Bonchev–Trinajstić information content (AvgIpc) is 2.49. The van der Waals surface area contributed by atoms with Gasteiger partial charge in [0.15, 0.2) is 11.5 Å². The quantitative estimate of drug-likeness (QED) is 0.667. The van der Waals surface area contributed by atoms with E-state index in [1.165, 1.54) is 0 Å². The van der Waals surface area contributed by atoms with E-state index in [0.29, 0.717) is 36.8 Å². The Morgan fingerprint density at radius 2 is 1.76 bits per heavy atom. The standard InChI is InChI=1S/C14H22N2O4.ClH/c1-18-9-8-15-6-7-16-14(17)11-4-5-12(19-2)13(10-11)20-3;/h4-5,10,15H,6-9H2,1-3H3,(H,16,17);1H. The number of hydrogen-bond donors (Lipinski definition) is 2. The van der Waals surface area contributed by atoms with Crippen LogP contribution in [0.4, 0.5) is 0 Å². The zero-order valence-electron chi connectivity index (χ0n) is 12.6. The van der Waals surface area contributed by atoms with E-state index in [0.717, 1.165) is 6.54 Å². The molecule has 0 aliphatic carbocycles. The number of amides is 1. The molecule has 6 nitrogen and oxygen atoms in total. The van der Waals surface area contributed by atoms with Crippen LogP contribution >= 0.6 is 12.4 Å². The molecule has 2 N–H and O–H groups in total. The monoisotopic (exact) mass is 318 g/mol. The van der Waals surface area contributed by atoms with Gasteiger partial charge in [-0.05, 0) is 18.2 Å². The van der Waals surface area contributed by atoms with Gasteiger partial charge < -0.3 is 24.8 Å². The summed E-state index contributed by atoms with van der Waals surface area (Å²) in [4.78, 5) is 11.9. The van der Waals surface area contributed by atoms with Crippen LogP contribution in [0.1, 0.15) is 10.4 Å². The Hall–Kier alpha value is -1.50. The molecule has 0 bridgehead atoms. The van der Waals surface area contributed by atoms with Gasteiger partial charge in [-0.15, -0.1) is 12.4 Å². The molecule has 120 valence electrons. The summed E-state index contributed by atoms with van der Waals surface area (Å²) < 4.78 is 15.2. The molecule has 0 aromatic heterocycles. The van der Waals surface area contributed by atoms with Crippen LogP contribution in [0.2, 0.25) is 0 Å². The van der Waals surface area contributed by atoms with Gasteiger partial charge in [0.1, 0.15) is 0 Å². The second-order valence-electron chi connectivity index (χ2n) is 4.07. The number of carbonyl (C=O) groups excluding carboxylic acids is 1. The topological polar surface area (TPSA) is 68.8 Å². The van der Waals surface area contributed by atoms with E-state index >= 15 is 0 Å². The largest absolute Gasteiger partial charge is 0.493 e. The molecule has 0 saturated carbocycles. The number of carbonyl (C=O) groups is 1. The molecule has 0 spiro atoms. The van der Waals surface area contributed by atoms with Crippen molar-refractivity contribution in [2.75, 3.05) is 47.6 Å². The lowest BCUT2D eigenvalue weighted by atomic mass is 10.2. The summed E-state index contributed by atoms with van der Waals surface area (Å²) in [5.41, 5.74) is 0.541. The van der Waals surface area contributed by atoms with Crippen LogP contribution in [0.3, 0.4) is 0 Å². The first-order valence-corrected chi connectivity index (χ1v) is 6.42. The fourth-order valence-corrected chi connectivity index (χ4v) is 1.64. The first-order chi connectivity index (χ1) is 9.72. The van der Waals surface area contributed by atoms with Crippen molar-refractivity contribution in [1.82, 2.24) is 10.6 Å². The third-order valence-electron chi connectivity index (χ3n) is 2.72. The second kappa shape index (κ2) is 11.2. The highest BCUT2D eigenvalue weighted by atomic mass is 35.5. The van der Waals surface area contributed by atoms with E-state index in [4.69, 9.17) is 14.2 Å². The van der Waals surface area contributed by atoms with Crippen molar-refractivity contribution >= 4 is 18.3 Å². The maximum atomic E-state index is 11.9. The number of halogens is 1. The highest BCUT2D eigenvalue weighted by molar-refractivity contribution is 5.94. The lowest BCUT2D eigenvalue weighted by molar-refractivity contribution is 0.0953. The molecule has 1 aromatic rings. The molecular weight excluding hydrogens is 296 g/mol. The van der Waals surface area contributed by atoms with Crippen LogP contribution in [0.5, 0.6) is 11.5 Å². The van der Waals surface area contributed by atoms with Crippen LogP contribution in [0.25, 0.3) is 0 Å². The first-order valence-electron chi connectivity index (χ1n) is 6.42. The normalized spacial score (nSPS) is 9.67. The number of hydrogen-bond acceptors (Lipinski definition) is 5. The predicted octanol–water partition coefficient (Wildman–Crippen LogP) is 1.09. The minimum absolute atomic E-state index is 0. The van der Waals surface area contributed by atoms with Gasteiger partial charge in [0.2, 0.25) is 0 Å². The Balaban J connectivity index is 0.00000400. The second-order valence-corrected chi connectivity index (χ2v) is 4.07. The fourth-order valence-electron chi connectivity index (χ4n) is 1.64. The summed E-state index contributed by atoms with van der Waals surface area (Å²) in [6.07, 6.45) is 0. The molecule has 1 aromatic carbocycles. The van der Waals surface area contributed by atoms with Crippen LogP contribution < -0.4 is 20.1 Å². The molecule has 1 rings (SSSR count). The van der Waals surface area contributed by atoms with E-state index in [1.54, 1.807) is 39.5 Å². The van der Waals surface area contributed by atoms with Crippen molar-refractivity contribution < 1.29 is 19.0 Å². The van der Waals surface area contributed by atoms with Crippen molar-refractivity contribution in [1.29, 1.82) is 0 Å². The molecule has 0 unspecified atom stereocenters. The maximum absolute atomic E-state index is 11.9. The van der Waals surface area contributed by atoms with Gasteiger partial charge in [-0.2, -0.15) is 0 Å². The van der Waals surface area contributed by atoms with Gasteiger partial charge >= 0.3 is 0 Å². The molecule has 0 radical (unpaired) electrons. The lowest BCUT2D eigenvalue weighted by Crippen LogP contribution is -2.33. The van der Waals surface area contributed by atoms with Crippen molar-refractivity contribution in [3.8, 4) is 11.5 Å². The molecule has 0 aliphatic heterocycles. The average molecular weight is 319 g/mol. The molecule has 0 fully saturated rings. The van der Waals surface area contributed by atoms with E-state index < -0.39 is 0 Å². The van der Waals surface area contributed by atoms with Crippen molar-refractivity contribution in [2.24, 2.45) is 0 Å². The van der Waals surface area contributed by atoms with Crippen molar-refractivity contribution in [3.05, 3.63) is 23.8 Å². The minimum atomic E-state index is -0.139.